The van der Waals surface area contributed by atoms with E-state index in [1.54, 1.807) is 30.4 Å². The van der Waals surface area contributed by atoms with Gasteiger partial charge < -0.3 is 4.90 Å². The van der Waals surface area contributed by atoms with Crippen molar-refractivity contribution in [2.45, 2.75) is 5.54 Å². The number of hydrogen-bond acceptors (Lipinski definition) is 7. The molecule has 0 amide bonds. The Hall–Kier alpha value is -1.36. The topological polar surface area (TPSA) is 67.2 Å². The van der Waals surface area contributed by atoms with Gasteiger partial charge in [-0.3, -0.25) is 15.0 Å². The van der Waals surface area contributed by atoms with Crippen LogP contribution in [0, 0.1) is 11.7 Å². The van der Waals surface area contributed by atoms with Gasteiger partial charge in [0, 0.05) is 30.6 Å². The van der Waals surface area contributed by atoms with Gasteiger partial charge in [0.25, 0.3) is 0 Å². The molecular formula is C14H12FIN6S. The van der Waals surface area contributed by atoms with Crippen LogP contribution in [0.5, 0.6) is 0 Å². The second-order valence-corrected chi connectivity index (χ2v) is 8.23. The van der Waals surface area contributed by atoms with Gasteiger partial charge in [-0.15, -0.1) is 0 Å². The van der Waals surface area contributed by atoms with E-state index in [4.69, 9.17) is 4.99 Å². The van der Waals surface area contributed by atoms with Crippen molar-refractivity contribution in [3.05, 3.63) is 42.5 Å². The summed E-state index contributed by atoms with van der Waals surface area (Å²) in [5.74, 6) is 1.34. The molecule has 2 aliphatic rings. The van der Waals surface area contributed by atoms with E-state index >= 15 is 0 Å². The summed E-state index contributed by atoms with van der Waals surface area (Å²) in [7, 11) is 0. The molecule has 0 aromatic carbocycles. The average Bonchev–Trinajstić information content (AvgIpc) is 2.96. The van der Waals surface area contributed by atoms with E-state index < -0.39 is 11.4 Å². The molecule has 0 aliphatic carbocycles. The van der Waals surface area contributed by atoms with Gasteiger partial charge >= 0.3 is 0 Å². The molecule has 23 heavy (non-hydrogen) atoms. The van der Waals surface area contributed by atoms with Crippen LogP contribution in [-0.4, -0.2) is 41.8 Å². The minimum Gasteiger partial charge on any atom is -0.338 e. The first-order valence-corrected chi connectivity index (χ1v) is 9.11. The van der Waals surface area contributed by atoms with E-state index in [0.717, 1.165) is 21.0 Å². The van der Waals surface area contributed by atoms with Crippen molar-refractivity contribution in [3.8, 4) is 0 Å². The molecule has 118 valence electrons. The number of nitrogens with zero attached hydrogens (tertiary/aromatic N) is 6. The van der Waals surface area contributed by atoms with Gasteiger partial charge in [0.15, 0.2) is 5.82 Å². The number of aliphatic imine (C=N–C) groups is 1. The number of anilines is 1. The summed E-state index contributed by atoms with van der Waals surface area (Å²) in [4.78, 5) is 23.9. The standard InChI is InChI=1S/C14H12FIN6S/c15-10-3-19-13(20-4-10)22-6-9-7-23-12(16)21-14(9,8-22)11-5-17-1-2-18-11/h1-5,9H,6-8H2/t9-,14-/m0/s1. The smallest absolute Gasteiger partial charge is 0.225 e. The fourth-order valence-electron chi connectivity index (χ4n) is 3.07. The highest BCUT2D eigenvalue weighted by Crippen LogP contribution is 2.46. The van der Waals surface area contributed by atoms with Crippen molar-refractivity contribution in [2.24, 2.45) is 10.9 Å². The van der Waals surface area contributed by atoms with Crippen molar-refractivity contribution in [3.63, 3.8) is 0 Å². The molecule has 2 atom stereocenters. The number of thioether (sulfide) groups is 1. The Kier molecular flexibility index (Phi) is 3.92. The Morgan fingerprint density at radius 2 is 2.04 bits per heavy atom. The molecule has 0 radical (unpaired) electrons. The zero-order valence-electron chi connectivity index (χ0n) is 11.9. The predicted molar refractivity (Wildman–Crippen MR) is 95.3 cm³/mol. The highest BCUT2D eigenvalue weighted by Gasteiger charge is 2.51. The normalized spacial score (nSPS) is 26.8. The number of aromatic nitrogens is 4. The molecule has 1 saturated heterocycles. The summed E-state index contributed by atoms with van der Waals surface area (Å²) in [6, 6.07) is 0. The summed E-state index contributed by atoms with van der Waals surface area (Å²) < 4.78 is 14.1. The Morgan fingerprint density at radius 1 is 1.22 bits per heavy atom. The molecule has 2 aromatic rings. The van der Waals surface area contributed by atoms with Gasteiger partial charge in [-0.05, 0) is 22.6 Å². The third-order valence-electron chi connectivity index (χ3n) is 4.14. The largest absolute Gasteiger partial charge is 0.338 e. The maximum atomic E-state index is 13.1. The second kappa shape index (κ2) is 5.93. The first-order valence-electron chi connectivity index (χ1n) is 7.04. The molecule has 4 heterocycles. The van der Waals surface area contributed by atoms with Gasteiger partial charge in [-0.25, -0.2) is 14.4 Å². The third-order valence-corrected chi connectivity index (χ3v) is 6.21. The van der Waals surface area contributed by atoms with Crippen molar-refractivity contribution in [1.82, 2.24) is 19.9 Å². The fraction of sp³-hybridized carbons (Fsp3) is 0.357. The van der Waals surface area contributed by atoms with Gasteiger partial charge in [-0.1, -0.05) is 11.8 Å². The summed E-state index contributed by atoms with van der Waals surface area (Å²) >= 11 is 4.01. The number of hydrogen-bond donors (Lipinski definition) is 0. The van der Waals surface area contributed by atoms with Gasteiger partial charge in [0.2, 0.25) is 5.95 Å². The molecule has 1 fully saturated rings. The molecular weight excluding hydrogens is 430 g/mol. The van der Waals surface area contributed by atoms with E-state index in [1.165, 1.54) is 12.4 Å². The van der Waals surface area contributed by atoms with Crippen LogP contribution in [0.3, 0.4) is 0 Å². The van der Waals surface area contributed by atoms with Crippen LogP contribution in [0.15, 0.2) is 36.0 Å². The SMILES string of the molecule is Fc1cnc(N2C[C@H]3CSC(I)=N[C@@]3(c3cnccn3)C2)nc1. The van der Waals surface area contributed by atoms with Crippen LogP contribution in [0.2, 0.25) is 0 Å². The molecule has 6 nitrogen and oxygen atoms in total. The summed E-state index contributed by atoms with van der Waals surface area (Å²) in [5.41, 5.74) is 0.428. The highest BCUT2D eigenvalue weighted by atomic mass is 127. The molecule has 0 bridgehead atoms. The van der Waals surface area contributed by atoms with Crippen LogP contribution >= 0.6 is 34.4 Å². The zero-order valence-corrected chi connectivity index (χ0v) is 14.9. The molecule has 2 aliphatic heterocycles. The first-order chi connectivity index (χ1) is 11.2. The maximum Gasteiger partial charge on any atom is 0.225 e. The van der Waals surface area contributed by atoms with Crippen molar-refractivity contribution in [2.75, 3.05) is 23.7 Å². The molecule has 0 spiro atoms. The van der Waals surface area contributed by atoms with Crippen molar-refractivity contribution >= 4 is 43.4 Å². The Labute approximate surface area is 150 Å². The third kappa shape index (κ3) is 2.69. The molecule has 0 saturated carbocycles. The Balaban J connectivity index is 1.75. The van der Waals surface area contributed by atoms with E-state index in [1.807, 2.05) is 0 Å². The van der Waals surface area contributed by atoms with Crippen LogP contribution in [-0.2, 0) is 5.54 Å². The maximum absolute atomic E-state index is 13.1. The second-order valence-electron chi connectivity index (χ2n) is 5.47. The summed E-state index contributed by atoms with van der Waals surface area (Å²) in [5, 5.41) is 0. The molecule has 0 unspecified atom stereocenters. The van der Waals surface area contributed by atoms with Gasteiger partial charge in [0.1, 0.15) is 8.59 Å². The van der Waals surface area contributed by atoms with Gasteiger partial charge in [-0.2, -0.15) is 0 Å². The first kappa shape index (κ1) is 15.2. The molecule has 9 heteroatoms. The highest BCUT2D eigenvalue weighted by molar-refractivity contribution is 14.1. The van der Waals surface area contributed by atoms with E-state index in [-0.39, 0.29) is 5.92 Å². The Bertz CT molecular complexity index is 743. The molecule has 4 rings (SSSR count). The fourth-order valence-corrected chi connectivity index (χ4v) is 4.99. The lowest BCUT2D eigenvalue weighted by Gasteiger charge is -2.33. The van der Waals surface area contributed by atoms with Crippen LogP contribution in [0.4, 0.5) is 10.3 Å². The zero-order chi connectivity index (χ0) is 15.9. The van der Waals surface area contributed by atoms with Crippen molar-refractivity contribution < 1.29 is 4.39 Å². The van der Waals surface area contributed by atoms with Gasteiger partial charge in [0.05, 0.1) is 30.8 Å². The number of fused-ring (bicyclic) bond motifs is 1. The van der Waals surface area contributed by atoms with Crippen LogP contribution in [0.1, 0.15) is 5.69 Å². The lowest BCUT2D eigenvalue weighted by Crippen LogP contribution is -2.38. The minimum atomic E-state index is -0.437. The Morgan fingerprint density at radius 3 is 2.78 bits per heavy atom. The van der Waals surface area contributed by atoms with E-state index in [9.17, 15) is 4.39 Å². The molecule has 2 aromatic heterocycles. The summed E-state index contributed by atoms with van der Waals surface area (Å²) in [6.07, 6.45) is 7.53. The van der Waals surface area contributed by atoms with E-state index in [2.05, 4.69) is 47.4 Å². The van der Waals surface area contributed by atoms with Crippen LogP contribution in [0.25, 0.3) is 0 Å². The average molecular weight is 442 g/mol. The predicted octanol–water partition coefficient (Wildman–Crippen LogP) is 2.28. The molecule has 0 N–H and O–H groups in total. The minimum absolute atomic E-state index is 0.288. The quantitative estimate of drug-likeness (QED) is 0.666. The number of rotatable bonds is 2. The van der Waals surface area contributed by atoms with Crippen LogP contribution < -0.4 is 4.90 Å². The van der Waals surface area contributed by atoms with Crippen molar-refractivity contribution in [1.29, 1.82) is 0 Å². The lowest BCUT2D eigenvalue weighted by atomic mass is 9.86. The van der Waals surface area contributed by atoms with E-state index in [0.29, 0.717) is 12.5 Å². The summed E-state index contributed by atoms with van der Waals surface area (Å²) in [6.45, 7) is 1.39. The monoisotopic (exact) mass is 442 g/mol. The number of halogens is 2. The lowest BCUT2D eigenvalue weighted by molar-refractivity contribution is 0.377.